The van der Waals surface area contributed by atoms with Gasteiger partial charge in [-0.2, -0.15) is 0 Å². The number of carbonyl (C=O) groups excluding carboxylic acids is 3. The van der Waals surface area contributed by atoms with Crippen molar-refractivity contribution in [2.24, 2.45) is 0 Å². The Hall–Kier alpha value is -2.32. The SMILES string of the molecule is CC(=O)CCCCCC(NC(=O)CCN1CCCCC1)C(=O)Nc1nc2ccccc2s1. The molecule has 0 saturated carbocycles. The lowest BCUT2D eigenvalue weighted by Crippen LogP contribution is -2.45. The smallest absolute Gasteiger partial charge is 0.248 e. The molecule has 2 heterocycles. The third kappa shape index (κ3) is 7.98. The molecule has 1 saturated heterocycles. The van der Waals surface area contributed by atoms with Crippen LogP contribution in [-0.2, 0) is 14.4 Å². The number of aromatic nitrogens is 1. The third-order valence-electron chi connectivity index (χ3n) is 5.80. The van der Waals surface area contributed by atoms with Crippen molar-refractivity contribution in [1.82, 2.24) is 15.2 Å². The van der Waals surface area contributed by atoms with E-state index in [1.165, 1.54) is 30.6 Å². The molecule has 1 unspecified atom stereocenters. The molecule has 0 aliphatic carbocycles. The standard InChI is InChI=1S/C24H34N4O3S/c1-18(29)10-4-2-5-12-20(25-22(30)14-17-28-15-8-3-9-16-28)23(31)27-24-26-19-11-6-7-13-21(19)32-24/h6-7,11,13,20H,2-5,8-10,12,14-17H2,1H3,(H,25,30)(H,26,27,31). The zero-order chi connectivity index (χ0) is 22.8. The summed E-state index contributed by atoms with van der Waals surface area (Å²) >= 11 is 1.43. The number of para-hydroxylation sites is 1. The average molecular weight is 459 g/mol. The predicted molar refractivity (Wildman–Crippen MR) is 129 cm³/mol. The van der Waals surface area contributed by atoms with Gasteiger partial charge >= 0.3 is 0 Å². The molecule has 2 amide bonds. The summed E-state index contributed by atoms with van der Waals surface area (Å²) < 4.78 is 1.01. The zero-order valence-electron chi connectivity index (χ0n) is 18.9. The molecule has 1 aliphatic heterocycles. The first kappa shape index (κ1) is 24.3. The van der Waals surface area contributed by atoms with E-state index in [2.05, 4.69) is 20.5 Å². The van der Waals surface area contributed by atoms with Crippen molar-refractivity contribution in [2.45, 2.75) is 70.8 Å². The maximum Gasteiger partial charge on any atom is 0.248 e. The van der Waals surface area contributed by atoms with Gasteiger partial charge < -0.3 is 20.3 Å². The van der Waals surface area contributed by atoms with Crippen LogP contribution in [0.2, 0.25) is 0 Å². The van der Waals surface area contributed by atoms with Crippen molar-refractivity contribution >= 4 is 44.3 Å². The Labute approximate surface area is 194 Å². The van der Waals surface area contributed by atoms with E-state index in [1.54, 1.807) is 6.92 Å². The second-order valence-electron chi connectivity index (χ2n) is 8.55. The van der Waals surface area contributed by atoms with Crippen molar-refractivity contribution in [3.63, 3.8) is 0 Å². The number of amides is 2. The van der Waals surface area contributed by atoms with Gasteiger partial charge in [-0.15, -0.1) is 0 Å². The summed E-state index contributed by atoms with van der Waals surface area (Å²) in [7, 11) is 0. The number of hydrogen-bond donors (Lipinski definition) is 2. The van der Waals surface area contributed by atoms with Crippen molar-refractivity contribution < 1.29 is 14.4 Å². The Morgan fingerprint density at radius 2 is 1.84 bits per heavy atom. The van der Waals surface area contributed by atoms with Gasteiger partial charge in [-0.3, -0.25) is 9.59 Å². The fourth-order valence-electron chi connectivity index (χ4n) is 4.00. The zero-order valence-corrected chi connectivity index (χ0v) is 19.7. The molecule has 1 aliphatic rings. The Bertz CT molecular complexity index is 875. The van der Waals surface area contributed by atoms with Crippen LogP contribution in [0, 0.1) is 0 Å². The number of Topliss-reactive ketones (excluding diaryl/α,β-unsaturated/α-hetero) is 1. The first-order valence-electron chi connectivity index (χ1n) is 11.7. The minimum absolute atomic E-state index is 0.0937. The summed E-state index contributed by atoms with van der Waals surface area (Å²) in [4.78, 5) is 43.5. The molecule has 3 rings (SSSR count). The van der Waals surface area contributed by atoms with Crippen molar-refractivity contribution in [3.8, 4) is 0 Å². The van der Waals surface area contributed by atoms with Gasteiger partial charge in [-0.25, -0.2) is 4.98 Å². The molecule has 1 aromatic carbocycles. The van der Waals surface area contributed by atoms with E-state index in [0.29, 0.717) is 24.4 Å². The highest BCUT2D eigenvalue weighted by Crippen LogP contribution is 2.25. The van der Waals surface area contributed by atoms with Gasteiger partial charge in [0.15, 0.2) is 5.13 Å². The molecular weight excluding hydrogens is 424 g/mol. The predicted octanol–water partition coefficient (Wildman–Crippen LogP) is 4.14. The molecule has 0 radical (unpaired) electrons. The molecule has 8 heteroatoms. The molecule has 1 aromatic heterocycles. The summed E-state index contributed by atoms with van der Waals surface area (Å²) in [6, 6.07) is 7.14. The third-order valence-corrected chi connectivity index (χ3v) is 6.75. The summed E-state index contributed by atoms with van der Waals surface area (Å²) in [6.45, 7) is 4.42. The number of rotatable bonds is 12. The van der Waals surface area contributed by atoms with E-state index in [1.807, 2.05) is 24.3 Å². The lowest BCUT2D eigenvalue weighted by atomic mass is 10.1. The van der Waals surface area contributed by atoms with Crippen molar-refractivity contribution in [2.75, 3.05) is 25.0 Å². The number of piperidine rings is 1. The average Bonchev–Trinajstić information content (AvgIpc) is 3.19. The number of carbonyl (C=O) groups is 3. The molecule has 2 aromatic rings. The van der Waals surface area contributed by atoms with Crippen LogP contribution in [-0.4, -0.2) is 53.2 Å². The second-order valence-corrected chi connectivity index (χ2v) is 9.58. The molecule has 174 valence electrons. The maximum atomic E-state index is 13.0. The number of fused-ring (bicyclic) bond motifs is 1. The van der Waals surface area contributed by atoms with E-state index in [4.69, 9.17) is 0 Å². The fourth-order valence-corrected chi connectivity index (χ4v) is 4.86. The maximum absolute atomic E-state index is 13.0. The number of thiazole rings is 1. The lowest BCUT2D eigenvalue weighted by molar-refractivity contribution is -0.126. The number of anilines is 1. The largest absolute Gasteiger partial charge is 0.344 e. The van der Waals surface area contributed by atoms with E-state index in [0.717, 1.165) is 49.1 Å². The molecule has 2 N–H and O–H groups in total. The lowest BCUT2D eigenvalue weighted by Gasteiger charge is -2.26. The summed E-state index contributed by atoms with van der Waals surface area (Å²) in [5.74, 6) is -0.146. The number of nitrogens with one attached hydrogen (secondary N) is 2. The highest BCUT2D eigenvalue weighted by atomic mass is 32.1. The van der Waals surface area contributed by atoms with Crippen LogP contribution < -0.4 is 10.6 Å². The molecule has 1 fully saturated rings. The molecule has 1 atom stereocenters. The Morgan fingerprint density at radius 1 is 1.06 bits per heavy atom. The van der Waals surface area contributed by atoms with Gasteiger partial charge in [0.25, 0.3) is 0 Å². The topological polar surface area (TPSA) is 91.4 Å². The van der Waals surface area contributed by atoms with E-state index >= 15 is 0 Å². The van der Waals surface area contributed by atoms with E-state index < -0.39 is 6.04 Å². The van der Waals surface area contributed by atoms with Gasteiger partial charge in [0.1, 0.15) is 11.8 Å². The monoisotopic (exact) mass is 458 g/mol. The number of benzene rings is 1. The number of ketones is 1. The van der Waals surface area contributed by atoms with Gasteiger partial charge in [0, 0.05) is 19.4 Å². The molecule has 0 bridgehead atoms. The molecular formula is C24H34N4O3S. The van der Waals surface area contributed by atoms with Crippen LogP contribution in [0.15, 0.2) is 24.3 Å². The number of hydrogen-bond acceptors (Lipinski definition) is 6. The minimum atomic E-state index is -0.604. The van der Waals surface area contributed by atoms with Crippen LogP contribution in [0.1, 0.15) is 64.7 Å². The highest BCUT2D eigenvalue weighted by Gasteiger charge is 2.22. The van der Waals surface area contributed by atoms with Crippen LogP contribution >= 0.6 is 11.3 Å². The normalized spacial score (nSPS) is 15.4. The second kappa shape index (κ2) is 12.6. The van der Waals surface area contributed by atoms with Gasteiger partial charge in [-0.1, -0.05) is 42.7 Å². The summed E-state index contributed by atoms with van der Waals surface area (Å²) in [6.07, 6.45) is 7.59. The Balaban J connectivity index is 1.54. The highest BCUT2D eigenvalue weighted by molar-refractivity contribution is 7.22. The minimum Gasteiger partial charge on any atom is -0.344 e. The van der Waals surface area contributed by atoms with Crippen molar-refractivity contribution in [1.29, 1.82) is 0 Å². The first-order chi connectivity index (χ1) is 15.5. The molecule has 32 heavy (non-hydrogen) atoms. The molecule has 7 nitrogen and oxygen atoms in total. The molecule has 0 spiro atoms. The Kier molecular flexibility index (Phi) is 9.62. The van der Waals surface area contributed by atoms with Crippen molar-refractivity contribution in [3.05, 3.63) is 24.3 Å². The van der Waals surface area contributed by atoms with Crippen LogP contribution in [0.3, 0.4) is 0 Å². The van der Waals surface area contributed by atoms with Gasteiger partial charge in [-0.05, 0) is 57.8 Å². The van der Waals surface area contributed by atoms with Gasteiger partial charge in [0.05, 0.1) is 10.2 Å². The summed E-state index contributed by atoms with van der Waals surface area (Å²) in [5, 5.41) is 6.37. The van der Waals surface area contributed by atoms with E-state index in [9.17, 15) is 14.4 Å². The van der Waals surface area contributed by atoms with Crippen LogP contribution in [0.4, 0.5) is 5.13 Å². The van der Waals surface area contributed by atoms with Crippen LogP contribution in [0.25, 0.3) is 10.2 Å². The van der Waals surface area contributed by atoms with Gasteiger partial charge in [0.2, 0.25) is 11.8 Å². The number of unbranched alkanes of at least 4 members (excludes halogenated alkanes) is 2. The number of likely N-dealkylation sites (tertiary alicyclic amines) is 1. The quantitative estimate of drug-likeness (QED) is 0.467. The Morgan fingerprint density at radius 3 is 2.59 bits per heavy atom. The summed E-state index contributed by atoms with van der Waals surface area (Å²) in [5.41, 5.74) is 0.846. The first-order valence-corrected chi connectivity index (χ1v) is 12.5. The fraction of sp³-hybridized carbons (Fsp3) is 0.583. The van der Waals surface area contributed by atoms with E-state index in [-0.39, 0.29) is 17.6 Å². The van der Waals surface area contributed by atoms with Crippen LogP contribution in [0.5, 0.6) is 0 Å². The number of nitrogens with zero attached hydrogens (tertiary/aromatic N) is 2.